The summed E-state index contributed by atoms with van der Waals surface area (Å²) in [5.74, 6) is -2.14. The molecule has 0 radical (unpaired) electrons. The molecule has 0 aliphatic heterocycles. The first-order valence-electron chi connectivity index (χ1n) is 7.40. The van der Waals surface area contributed by atoms with Crippen molar-refractivity contribution in [2.45, 2.75) is 51.6 Å². The quantitative estimate of drug-likeness (QED) is 0.805. The van der Waals surface area contributed by atoms with Crippen LogP contribution in [0.1, 0.15) is 45.4 Å². The molecule has 1 aliphatic rings. The van der Waals surface area contributed by atoms with Crippen LogP contribution in [0.2, 0.25) is 0 Å². The predicted octanol–water partition coefficient (Wildman–Crippen LogP) is 2.45. The molecule has 130 valence electrons. The Morgan fingerprint density at radius 1 is 1.23 bits per heavy atom. The Bertz CT molecular complexity index is 471. The summed E-state index contributed by atoms with van der Waals surface area (Å²) in [7, 11) is -2.48. The number of alkyl halides is 3. The number of halogens is 3. The van der Waals surface area contributed by atoms with Crippen LogP contribution in [0, 0.1) is 11.8 Å². The van der Waals surface area contributed by atoms with Gasteiger partial charge in [-0.3, -0.25) is 4.79 Å². The smallest absolute Gasteiger partial charge is 0.274 e. The van der Waals surface area contributed by atoms with Gasteiger partial charge in [0.15, 0.2) is 0 Å². The fourth-order valence-electron chi connectivity index (χ4n) is 2.65. The minimum Gasteiger partial charge on any atom is -0.274 e. The molecule has 0 aromatic carbocycles. The van der Waals surface area contributed by atoms with E-state index in [0.717, 1.165) is 4.31 Å². The van der Waals surface area contributed by atoms with Crippen molar-refractivity contribution in [3.63, 3.8) is 0 Å². The zero-order chi connectivity index (χ0) is 17.0. The molecule has 0 aromatic rings. The normalized spacial score (nSPS) is 23.5. The lowest BCUT2D eigenvalue weighted by Gasteiger charge is -2.29. The minimum atomic E-state index is -4.18. The molecule has 0 saturated heterocycles. The van der Waals surface area contributed by atoms with Crippen LogP contribution in [-0.2, 0) is 15.0 Å². The average molecular weight is 344 g/mol. The number of hydrogen-bond acceptors (Lipinski definition) is 3. The van der Waals surface area contributed by atoms with E-state index in [1.165, 1.54) is 7.05 Å². The van der Waals surface area contributed by atoms with Gasteiger partial charge in [-0.2, -0.15) is 25.9 Å². The Hall–Kier alpha value is -0.830. The summed E-state index contributed by atoms with van der Waals surface area (Å²) < 4.78 is 64.3. The van der Waals surface area contributed by atoms with Crippen molar-refractivity contribution >= 4 is 16.1 Å². The van der Waals surface area contributed by atoms with Crippen LogP contribution in [0.3, 0.4) is 0 Å². The molecule has 1 amide bonds. The largest absolute Gasteiger partial charge is 0.391 e. The van der Waals surface area contributed by atoms with E-state index < -0.39 is 28.2 Å². The first-order valence-corrected chi connectivity index (χ1v) is 8.84. The highest BCUT2D eigenvalue weighted by molar-refractivity contribution is 7.87. The van der Waals surface area contributed by atoms with Gasteiger partial charge in [0.1, 0.15) is 0 Å². The van der Waals surface area contributed by atoms with Crippen LogP contribution in [0.4, 0.5) is 13.2 Å². The number of hydrogen-bond donors (Lipinski definition) is 1. The lowest BCUT2D eigenvalue weighted by molar-refractivity contribution is -0.184. The summed E-state index contributed by atoms with van der Waals surface area (Å²) in [4.78, 5) is 11.8. The third-order valence-corrected chi connectivity index (χ3v) is 5.46. The molecule has 0 spiro atoms. The predicted molar refractivity (Wildman–Crippen MR) is 76.1 cm³/mol. The summed E-state index contributed by atoms with van der Waals surface area (Å²) in [5, 5.41) is 0. The molecule has 1 rings (SSSR count). The first kappa shape index (κ1) is 19.2. The minimum absolute atomic E-state index is 0.00390. The summed E-state index contributed by atoms with van der Waals surface area (Å²) >= 11 is 0. The maximum absolute atomic E-state index is 12.6. The highest BCUT2D eigenvalue weighted by Gasteiger charge is 2.41. The molecule has 0 bridgehead atoms. The van der Waals surface area contributed by atoms with Gasteiger partial charge in [0.25, 0.3) is 0 Å². The Morgan fingerprint density at radius 2 is 1.77 bits per heavy atom. The van der Waals surface area contributed by atoms with Crippen LogP contribution >= 0.6 is 0 Å². The number of nitrogens with zero attached hydrogens (tertiary/aromatic N) is 1. The molecule has 0 unspecified atom stereocenters. The summed E-state index contributed by atoms with van der Waals surface area (Å²) in [5.41, 5.74) is 0. The van der Waals surface area contributed by atoms with Gasteiger partial charge in [-0.05, 0) is 38.0 Å². The van der Waals surface area contributed by atoms with E-state index in [-0.39, 0.29) is 25.2 Å². The van der Waals surface area contributed by atoms with Gasteiger partial charge in [-0.1, -0.05) is 6.92 Å². The molecule has 1 N–H and O–H groups in total. The van der Waals surface area contributed by atoms with Crippen molar-refractivity contribution in [1.29, 1.82) is 0 Å². The van der Waals surface area contributed by atoms with Gasteiger partial charge in [-0.15, -0.1) is 0 Å². The molecule has 1 aliphatic carbocycles. The number of amides is 1. The van der Waals surface area contributed by atoms with Crippen LogP contribution in [0.25, 0.3) is 0 Å². The standard InChI is InChI=1S/C13H23F3N2O3S/c1-3-8-18(2)22(20,21)17-12(19)9-10-4-6-11(7-5-10)13(14,15)16/h10-11H,3-9H2,1-2H3,(H,17,19). The van der Waals surface area contributed by atoms with E-state index in [0.29, 0.717) is 25.8 Å². The second-order valence-electron chi connectivity index (χ2n) is 5.82. The fourth-order valence-corrected chi connectivity index (χ4v) is 3.60. The van der Waals surface area contributed by atoms with Gasteiger partial charge < -0.3 is 0 Å². The molecule has 1 fully saturated rings. The summed E-state index contributed by atoms with van der Waals surface area (Å²) in [6, 6.07) is 0. The highest BCUT2D eigenvalue weighted by atomic mass is 32.2. The van der Waals surface area contributed by atoms with E-state index in [1.54, 1.807) is 0 Å². The highest BCUT2D eigenvalue weighted by Crippen LogP contribution is 2.40. The van der Waals surface area contributed by atoms with Gasteiger partial charge in [0.05, 0.1) is 5.92 Å². The van der Waals surface area contributed by atoms with Crippen LogP contribution in [-0.4, -0.2) is 38.4 Å². The van der Waals surface area contributed by atoms with Crippen molar-refractivity contribution < 1.29 is 26.4 Å². The molecule has 0 atom stereocenters. The van der Waals surface area contributed by atoms with Crippen LogP contribution in [0.15, 0.2) is 0 Å². The molecule has 0 aromatic heterocycles. The molecule has 22 heavy (non-hydrogen) atoms. The van der Waals surface area contributed by atoms with Crippen molar-refractivity contribution in [3.05, 3.63) is 0 Å². The molecule has 5 nitrogen and oxygen atoms in total. The Kier molecular flexibility index (Phi) is 6.66. The van der Waals surface area contributed by atoms with Crippen molar-refractivity contribution in [2.75, 3.05) is 13.6 Å². The summed E-state index contributed by atoms with van der Waals surface area (Å²) in [6.07, 6.45) is -3.02. The van der Waals surface area contributed by atoms with E-state index in [4.69, 9.17) is 0 Å². The molecular formula is C13H23F3N2O3S. The first-order chi connectivity index (χ1) is 10.1. The van der Waals surface area contributed by atoms with Crippen molar-refractivity contribution in [1.82, 2.24) is 9.03 Å². The number of rotatable bonds is 6. The Balaban J connectivity index is 2.44. The van der Waals surface area contributed by atoms with Gasteiger partial charge in [0.2, 0.25) is 5.91 Å². The number of carbonyl (C=O) groups excluding carboxylic acids is 1. The van der Waals surface area contributed by atoms with Crippen LogP contribution < -0.4 is 4.72 Å². The van der Waals surface area contributed by atoms with Gasteiger partial charge >= 0.3 is 16.4 Å². The Labute approximate surface area is 129 Å². The summed E-state index contributed by atoms with van der Waals surface area (Å²) in [6.45, 7) is 2.10. The third kappa shape index (κ3) is 5.75. The van der Waals surface area contributed by atoms with E-state index in [2.05, 4.69) is 0 Å². The van der Waals surface area contributed by atoms with Crippen molar-refractivity contribution in [2.24, 2.45) is 11.8 Å². The second-order valence-corrected chi connectivity index (χ2v) is 7.59. The topological polar surface area (TPSA) is 66.5 Å². The number of nitrogens with one attached hydrogen (secondary N) is 1. The van der Waals surface area contributed by atoms with Crippen LogP contribution in [0.5, 0.6) is 0 Å². The average Bonchev–Trinajstić information content (AvgIpc) is 2.37. The molecule has 0 heterocycles. The molecule has 1 saturated carbocycles. The van der Waals surface area contributed by atoms with E-state index in [9.17, 15) is 26.4 Å². The monoisotopic (exact) mass is 344 g/mol. The fraction of sp³-hybridized carbons (Fsp3) is 0.923. The second kappa shape index (κ2) is 7.63. The lowest BCUT2D eigenvalue weighted by Crippen LogP contribution is -2.42. The third-order valence-electron chi connectivity index (χ3n) is 3.98. The van der Waals surface area contributed by atoms with Crippen molar-refractivity contribution in [3.8, 4) is 0 Å². The van der Waals surface area contributed by atoms with Gasteiger partial charge in [-0.25, -0.2) is 4.72 Å². The number of carbonyl (C=O) groups is 1. The maximum Gasteiger partial charge on any atom is 0.391 e. The zero-order valence-electron chi connectivity index (χ0n) is 12.8. The lowest BCUT2D eigenvalue weighted by atomic mass is 9.80. The van der Waals surface area contributed by atoms with E-state index >= 15 is 0 Å². The van der Waals surface area contributed by atoms with E-state index in [1.807, 2.05) is 11.6 Å². The zero-order valence-corrected chi connectivity index (χ0v) is 13.6. The maximum atomic E-state index is 12.6. The molecular weight excluding hydrogens is 321 g/mol. The SMILES string of the molecule is CCCN(C)S(=O)(=O)NC(=O)CC1CCC(C(F)(F)F)CC1. The Morgan fingerprint density at radius 3 is 2.23 bits per heavy atom. The molecule has 9 heteroatoms. The van der Waals surface area contributed by atoms with Gasteiger partial charge in [0, 0.05) is 20.0 Å².